The van der Waals surface area contributed by atoms with Gasteiger partial charge in [-0.25, -0.2) is 0 Å². The van der Waals surface area contributed by atoms with Crippen molar-refractivity contribution >= 4 is 98.1 Å². The molecule has 4 aliphatic rings. The van der Waals surface area contributed by atoms with Crippen molar-refractivity contribution in [1.29, 1.82) is 0 Å². The van der Waals surface area contributed by atoms with Crippen LogP contribution in [-0.4, -0.2) is 13.7 Å². The van der Waals surface area contributed by atoms with Crippen molar-refractivity contribution < 1.29 is 4.42 Å². The quantitative estimate of drug-likeness (QED) is 0.173. The second-order valence-electron chi connectivity index (χ2n) is 31.2. The minimum Gasteiger partial charge on any atom is -0.455 e. The normalized spacial score (nSPS) is 16.9. The number of fused-ring (bicyclic) bond motifs is 29. The van der Waals surface area contributed by atoms with Crippen LogP contribution < -0.4 is 0 Å². The summed E-state index contributed by atoms with van der Waals surface area (Å²) in [5, 5.41) is 12.2. The minimum absolute atomic E-state index is 0.348. The molecule has 2 atom stereocenters. The third kappa shape index (κ3) is 7.06. The molecule has 2 spiro atoms. The van der Waals surface area contributed by atoms with Crippen LogP contribution in [0.5, 0.6) is 0 Å². The topological polar surface area (TPSA) is 27.9 Å². The Bertz CT molecular complexity index is 7360. The van der Waals surface area contributed by atoms with Gasteiger partial charge in [0.2, 0.25) is 0 Å². The number of nitrogens with zero attached hydrogens (tertiary/aromatic N) is 3. The van der Waals surface area contributed by atoms with Gasteiger partial charge in [-0.15, -0.1) is 0 Å². The summed E-state index contributed by atoms with van der Waals surface area (Å²) in [6, 6.07) is 127. The van der Waals surface area contributed by atoms with Crippen LogP contribution in [0, 0.1) is 0 Å². The lowest BCUT2D eigenvalue weighted by molar-refractivity contribution is 0.557. The number of hydrogen-bond acceptors (Lipinski definition) is 1. The van der Waals surface area contributed by atoms with E-state index in [9.17, 15) is 0 Å². The third-order valence-corrected chi connectivity index (χ3v) is 25.7. The average Bonchev–Trinajstić information content (AvgIpc) is 1.13. The van der Waals surface area contributed by atoms with E-state index in [1.54, 1.807) is 0 Å². The summed E-state index contributed by atoms with van der Waals surface area (Å²) in [4.78, 5) is 0. The molecule has 0 N–H and O–H groups in total. The van der Waals surface area contributed by atoms with Crippen LogP contribution in [-0.2, 0) is 21.7 Å². The lowest BCUT2D eigenvalue weighted by atomic mass is 9.52. The number of hydrogen-bond donors (Lipinski definition) is 0. The number of para-hydroxylation sites is 8. The van der Waals surface area contributed by atoms with Crippen molar-refractivity contribution in [2.45, 2.75) is 49.4 Å². The van der Waals surface area contributed by atoms with Gasteiger partial charge in [-0.1, -0.05) is 295 Å². The van der Waals surface area contributed by atoms with Gasteiger partial charge in [0.05, 0.1) is 55.3 Å². The Hall–Kier alpha value is -13.0. The molecule has 4 nitrogen and oxygen atoms in total. The first kappa shape index (κ1) is 58.5. The molecular formula is C102H67N3O. The molecule has 496 valence electrons. The monoisotopic (exact) mass is 1350 g/mol. The van der Waals surface area contributed by atoms with Crippen molar-refractivity contribution in [2.75, 3.05) is 0 Å². The summed E-state index contributed by atoms with van der Waals surface area (Å²) in [5.74, 6) is 0. The number of rotatable bonds is 4. The summed E-state index contributed by atoms with van der Waals surface area (Å²) in [6.45, 7) is 9.78. The molecule has 106 heavy (non-hydrogen) atoms. The molecule has 0 amide bonds. The highest BCUT2D eigenvalue weighted by Gasteiger charge is 2.55. The Balaban J connectivity index is 0.653. The van der Waals surface area contributed by atoms with E-state index in [4.69, 9.17) is 4.42 Å². The van der Waals surface area contributed by atoms with Crippen molar-refractivity contribution in [1.82, 2.24) is 13.7 Å². The largest absolute Gasteiger partial charge is 0.455 e. The molecule has 24 rings (SSSR count). The van der Waals surface area contributed by atoms with E-state index in [0.717, 1.165) is 33.2 Å². The molecular weight excluding hydrogens is 1280 g/mol. The fraction of sp³-hybridized carbons (Fsp3) is 0.0784. The van der Waals surface area contributed by atoms with Crippen LogP contribution in [0.4, 0.5) is 0 Å². The maximum Gasteiger partial charge on any atom is 0.143 e. The van der Waals surface area contributed by atoms with Gasteiger partial charge in [-0.05, 0) is 172 Å². The van der Waals surface area contributed by atoms with Gasteiger partial charge in [0.15, 0.2) is 0 Å². The lowest BCUT2D eigenvalue weighted by Gasteiger charge is -2.50. The van der Waals surface area contributed by atoms with E-state index in [1.165, 1.54) is 182 Å². The zero-order valence-electron chi connectivity index (χ0n) is 59.0. The molecule has 0 saturated heterocycles. The molecule has 20 aromatic rings. The third-order valence-electron chi connectivity index (χ3n) is 25.7. The Labute approximate surface area is 612 Å². The smallest absolute Gasteiger partial charge is 0.143 e. The van der Waals surface area contributed by atoms with Gasteiger partial charge < -0.3 is 18.1 Å². The number of benzene rings is 16. The predicted molar refractivity (Wildman–Crippen MR) is 439 cm³/mol. The second-order valence-corrected chi connectivity index (χ2v) is 31.2. The van der Waals surface area contributed by atoms with Gasteiger partial charge in [0, 0.05) is 65.2 Å². The Kier molecular flexibility index (Phi) is 11.3. The van der Waals surface area contributed by atoms with Crippen LogP contribution in [0.3, 0.4) is 0 Å². The molecule has 2 unspecified atom stereocenters. The Morgan fingerprint density at radius 2 is 0.660 bits per heavy atom. The van der Waals surface area contributed by atoms with Crippen LogP contribution >= 0.6 is 0 Å². The number of aromatic nitrogens is 3. The zero-order valence-corrected chi connectivity index (χ0v) is 59.0. The molecule has 4 aromatic heterocycles. The van der Waals surface area contributed by atoms with Gasteiger partial charge in [0.25, 0.3) is 0 Å². The first-order valence-electron chi connectivity index (χ1n) is 37.4. The SMILES string of the molecule is CC1(C)c2ccccc2C2(c3ccccc3-n3c4ccccc4c4cccc2c43)c2cccc(-c3ccc4c(c3)c3ccccc3n4-c3ccc4c(-c5ccc6c(c5)c5cccc7c5n6-c5ccccc5C75c6ccccc6C(C)(C)c6c(-c7cccc8c7oc7ccccc78)cccc65)cccc4c3)c21. The van der Waals surface area contributed by atoms with Crippen LogP contribution in [0.15, 0.2) is 338 Å². The van der Waals surface area contributed by atoms with Gasteiger partial charge in [-0.2, -0.15) is 0 Å². The fourth-order valence-corrected chi connectivity index (χ4v) is 21.6. The van der Waals surface area contributed by atoms with Crippen molar-refractivity contribution in [2.24, 2.45) is 0 Å². The summed E-state index contributed by atoms with van der Waals surface area (Å²) in [7, 11) is 0. The molecule has 0 fully saturated rings. The number of furan rings is 1. The first-order valence-corrected chi connectivity index (χ1v) is 37.4. The van der Waals surface area contributed by atoms with E-state index >= 15 is 0 Å². The van der Waals surface area contributed by atoms with Crippen molar-refractivity contribution in [3.05, 3.63) is 400 Å². The average molecular weight is 1350 g/mol. The first-order chi connectivity index (χ1) is 52.1. The summed E-state index contributed by atoms with van der Waals surface area (Å²) in [5.41, 5.74) is 33.9. The summed E-state index contributed by atoms with van der Waals surface area (Å²) >= 11 is 0. The maximum atomic E-state index is 6.87. The lowest BCUT2D eigenvalue weighted by Crippen LogP contribution is -2.44. The second kappa shape index (κ2) is 20.4. The van der Waals surface area contributed by atoms with E-state index < -0.39 is 10.8 Å². The molecule has 2 aliphatic carbocycles. The fourth-order valence-electron chi connectivity index (χ4n) is 21.6. The maximum absolute atomic E-state index is 6.87. The van der Waals surface area contributed by atoms with Gasteiger partial charge >= 0.3 is 0 Å². The highest BCUT2D eigenvalue weighted by atomic mass is 16.3. The standard InChI is InChI=1S/C102H67N3O/c1-99(2)77-36-8-10-38-79(77)101(81-40-12-16-48-91(81)104-88-47-15-5-26-67(88)71-32-23-44-85(101)96(71)104)83-42-21-30-66(94(83)99)62-52-55-89-75(59-62)68-27-6-14-46-87(68)103(89)63-53-54-65-60(57-63)25-19-29-64(65)61-51-56-90-76(58-61)72-33-24-45-86-97(72)105(90)92-49-17-13-41-82(92)102(86)80-39-11-9-37-78(80)100(3,4)95-70(31-22-43-84(95)102)74-35-20-34-73-69-28-7-18-50-93(69)106-98(73)74/h5-59H,1-4H3. The predicted octanol–water partition coefficient (Wildman–Crippen LogP) is 25.7. The highest BCUT2D eigenvalue weighted by molar-refractivity contribution is 6.17. The highest BCUT2D eigenvalue weighted by Crippen LogP contribution is 2.65. The minimum atomic E-state index is -0.658. The van der Waals surface area contributed by atoms with E-state index in [1.807, 2.05) is 0 Å². The molecule has 16 aromatic carbocycles. The molecule has 0 bridgehead atoms. The van der Waals surface area contributed by atoms with E-state index in [-0.39, 0.29) is 10.8 Å². The molecule has 0 saturated carbocycles. The Morgan fingerprint density at radius 1 is 0.245 bits per heavy atom. The van der Waals surface area contributed by atoms with Crippen molar-refractivity contribution in [3.8, 4) is 50.4 Å². The molecule has 6 heterocycles. The van der Waals surface area contributed by atoms with Gasteiger partial charge in [-0.3, -0.25) is 0 Å². The zero-order chi connectivity index (χ0) is 69.8. The molecule has 2 aliphatic heterocycles. The van der Waals surface area contributed by atoms with Crippen LogP contribution in [0.25, 0.3) is 149 Å². The molecule has 0 radical (unpaired) electrons. The summed E-state index contributed by atoms with van der Waals surface area (Å²) < 4.78 is 14.5. The van der Waals surface area contributed by atoms with E-state index in [2.05, 4.69) is 375 Å². The Morgan fingerprint density at radius 3 is 1.31 bits per heavy atom. The van der Waals surface area contributed by atoms with Crippen LogP contribution in [0.1, 0.15) is 94.5 Å². The van der Waals surface area contributed by atoms with E-state index in [0.29, 0.717) is 0 Å². The van der Waals surface area contributed by atoms with Crippen molar-refractivity contribution in [3.63, 3.8) is 0 Å². The summed E-state index contributed by atoms with van der Waals surface area (Å²) in [6.07, 6.45) is 0. The van der Waals surface area contributed by atoms with Gasteiger partial charge in [0.1, 0.15) is 11.2 Å². The van der Waals surface area contributed by atoms with Crippen LogP contribution in [0.2, 0.25) is 0 Å². The molecule has 4 heteroatoms.